The average Bonchev–Trinajstić information content (AvgIpc) is 1.96. The van der Waals surface area contributed by atoms with Crippen LogP contribution in [0.25, 0.3) is 0 Å². The smallest absolute Gasteiger partial charge is 0.481 e. The normalized spacial score (nSPS) is 14.2. The van der Waals surface area contributed by atoms with Gasteiger partial charge in [-0.05, 0) is 0 Å². The second-order valence-corrected chi connectivity index (χ2v) is 4.60. The molecule has 0 aliphatic rings. The van der Waals surface area contributed by atoms with Crippen LogP contribution in [0, 0.1) is 0 Å². The van der Waals surface area contributed by atoms with Gasteiger partial charge in [0.1, 0.15) is 6.54 Å². The van der Waals surface area contributed by atoms with Crippen molar-refractivity contribution in [1.29, 1.82) is 0 Å². The molecular formula is C9H15F3NO4+. The molecule has 1 unspecified atom stereocenters. The first-order chi connectivity index (χ1) is 7.42. The molecule has 17 heavy (non-hydrogen) atoms. The van der Waals surface area contributed by atoms with Crippen LogP contribution in [0.15, 0.2) is 0 Å². The molecule has 0 aliphatic heterocycles. The van der Waals surface area contributed by atoms with Crippen molar-refractivity contribution in [2.75, 3.05) is 27.7 Å². The van der Waals surface area contributed by atoms with Crippen molar-refractivity contribution in [2.24, 2.45) is 0 Å². The highest BCUT2D eigenvalue weighted by Crippen LogP contribution is 2.19. The number of alkyl halides is 3. The Labute approximate surface area is 96.4 Å². The Morgan fingerprint density at radius 3 is 2.06 bits per heavy atom. The van der Waals surface area contributed by atoms with E-state index in [1.807, 2.05) is 0 Å². The van der Waals surface area contributed by atoms with Gasteiger partial charge in [-0.3, -0.25) is 4.79 Å². The van der Waals surface area contributed by atoms with Gasteiger partial charge in [-0.15, -0.1) is 0 Å². The molecule has 1 N–H and O–H groups in total. The summed E-state index contributed by atoms with van der Waals surface area (Å²) in [7, 11) is 4.95. The van der Waals surface area contributed by atoms with Gasteiger partial charge in [-0.1, -0.05) is 0 Å². The van der Waals surface area contributed by atoms with Crippen LogP contribution >= 0.6 is 0 Å². The SMILES string of the molecule is C[N+](C)(C)CC(CC(=O)O)OC(=O)C(F)(F)F. The van der Waals surface area contributed by atoms with Crippen LogP contribution in [0.3, 0.4) is 0 Å². The van der Waals surface area contributed by atoms with Gasteiger partial charge in [0.2, 0.25) is 0 Å². The molecule has 0 aliphatic carbocycles. The third-order valence-corrected chi connectivity index (χ3v) is 1.66. The second kappa shape index (κ2) is 5.35. The van der Waals surface area contributed by atoms with E-state index in [0.29, 0.717) is 0 Å². The Kier molecular flexibility index (Phi) is 4.94. The molecule has 0 aromatic carbocycles. The van der Waals surface area contributed by atoms with Crippen molar-refractivity contribution in [3.63, 3.8) is 0 Å². The molecule has 0 spiro atoms. The quantitative estimate of drug-likeness (QED) is 0.580. The molecule has 8 heteroatoms. The fourth-order valence-corrected chi connectivity index (χ4v) is 1.17. The summed E-state index contributed by atoms with van der Waals surface area (Å²) in [4.78, 5) is 21.0. The van der Waals surface area contributed by atoms with E-state index in [-0.39, 0.29) is 11.0 Å². The molecule has 0 aromatic rings. The maximum absolute atomic E-state index is 12.0. The number of carbonyl (C=O) groups excluding carboxylic acids is 1. The van der Waals surface area contributed by atoms with E-state index in [1.54, 1.807) is 21.1 Å². The van der Waals surface area contributed by atoms with Crippen molar-refractivity contribution >= 4 is 11.9 Å². The number of rotatable bonds is 5. The Balaban J connectivity index is 4.60. The lowest BCUT2D eigenvalue weighted by Crippen LogP contribution is -2.45. The van der Waals surface area contributed by atoms with Crippen molar-refractivity contribution in [2.45, 2.75) is 18.7 Å². The Morgan fingerprint density at radius 1 is 1.29 bits per heavy atom. The van der Waals surface area contributed by atoms with E-state index in [0.717, 1.165) is 0 Å². The summed E-state index contributed by atoms with van der Waals surface area (Å²) in [5.74, 6) is -3.68. The van der Waals surface area contributed by atoms with E-state index >= 15 is 0 Å². The number of quaternary nitrogens is 1. The number of carbonyl (C=O) groups is 2. The number of hydrogen-bond donors (Lipinski definition) is 1. The zero-order valence-corrected chi connectivity index (χ0v) is 9.74. The highest BCUT2D eigenvalue weighted by atomic mass is 19.4. The second-order valence-electron chi connectivity index (χ2n) is 4.60. The number of carboxylic acids is 1. The van der Waals surface area contributed by atoms with Crippen molar-refractivity contribution in [1.82, 2.24) is 0 Å². The van der Waals surface area contributed by atoms with Gasteiger partial charge in [0.15, 0.2) is 6.10 Å². The minimum absolute atomic E-state index is 0.0197. The monoisotopic (exact) mass is 258 g/mol. The van der Waals surface area contributed by atoms with E-state index < -0.39 is 30.6 Å². The molecule has 5 nitrogen and oxygen atoms in total. The Bertz CT molecular complexity index is 296. The lowest BCUT2D eigenvalue weighted by molar-refractivity contribution is -0.873. The van der Waals surface area contributed by atoms with Gasteiger partial charge in [-0.2, -0.15) is 13.2 Å². The summed E-state index contributed by atoms with van der Waals surface area (Å²) in [5, 5.41) is 8.52. The zero-order chi connectivity index (χ0) is 13.9. The standard InChI is InChI=1S/C9H14F3NO4/c1-13(2,3)5-6(4-7(14)15)17-8(16)9(10,11)12/h6H,4-5H2,1-3H3/p+1. The molecule has 1 atom stereocenters. The van der Waals surface area contributed by atoms with Gasteiger partial charge in [0.05, 0.1) is 27.6 Å². The molecular weight excluding hydrogens is 243 g/mol. The lowest BCUT2D eigenvalue weighted by Gasteiger charge is -2.28. The summed E-state index contributed by atoms with van der Waals surface area (Å²) in [6, 6.07) is 0. The van der Waals surface area contributed by atoms with Crippen LogP contribution in [0.5, 0.6) is 0 Å². The number of aliphatic carboxylic acids is 1. The molecule has 0 saturated heterocycles. The van der Waals surface area contributed by atoms with Crippen molar-refractivity contribution in [3.05, 3.63) is 0 Å². The van der Waals surface area contributed by atoms with Crippen LogP contribution in [0.2, 0.25) is 0 Å². The van der Waals surface area contributed by atoms with Crippen LogP contribution in [0.4, 0.5) is 13.2 Å². The maximum atomic E-state index is 12.0. The molecule has 0 radical (unpaired) electrons. The minimum Gasteiger partial charge on any atom is -0.481 e. The zero-order valence-electron chi connectivity index (χ0n) is 9.74. The van der Waals surface area contributed by atoms with E-state index in [1.165, 1.54) is 0 Å². The van der Waals surface area contributed by atoms with Gasteiger partial charge in [0, 0.05) is 0 Å². The van der Waals surface area contributed by atoms with Gasteiger partial charge >= 0.3 is 18.1 Å². The number of likely N-dealkylation sites (N-methyl/N-ethyl adjacent to an activating group) is 1. The van der Waals surface area contributed by atoms with Gasteiger partial charge in [-0.25, -0.2) is 4.79 Å². The fourth-order valence-electron chi connectivity index (χ4n) is 1.17. The third kappa shape index (κ3) is 7.56. The highest BCUT2D eigenvalue weighted by Gasteiger charge is 2.43. The maximum Gasteiger partial charge on any atom is 0.490 e. The first kappa shape index (κ1) is 15.7. The molecule has 0 heterocycles. The van der Waals surface area contributed by atoms with Gasteiger partial charge in [0.25, 0.3) is 0 Å². The highest BCUT2D eigenvalue weighted by molar-refractivity contribution is 5.76. The first-order valence-corrected chi connectivity index (χ1v) is 4.72. The average molecular weight is 258 g/mol. The van der Waals surface area contributed by atoms with Crippen LogP contribution in [-0.4, -0.2) is 61.5 Å². The molecule has 0 saturated carbocycles. The van der Waals surface area contributed by atoms with E-state index in [2.05, 4.69) is 4.74 Å². The molecule has 0 fully saturated rings. The molecule has 0 bridgehead atoms. The van der Waals surface area contributed by atoms with E-state index in [9.17, 15) is 22.8 Å². The van der Waals surface area contributed by atoms with Crippen molar-refractivity contribution < 1.29 is 37.1 Å². The Hall–Kier alpha value is -1.31. The van der Waals surface area contributed by atoms with Crippen LogP contribution in [0.1, 0.15) is 6.42 Å². The van der Waals surface area contributed by atoms with Crippen LogP contribution < -0.4 is 0 Å². The Morgan fingerprint density at radius 2 is 1.76 bits per heavy atom. The number of nitrogens with zero attached hydrogens (tertiary/aromatic N) is 1. The summed E-state index contributed by atoms with van der Waals surface area (Å²) < 4.78 is 40.2. The molecule has 0 rings (SSSR count). The topological polar surface area (TPSA) is 63.6 Å². The predicted octanol–water partition coefficient (Wildman–Crippen LogP) is 0.641. The minimum atomic E-state index is -5.11. The molecule has 100 valence electrons. The number of hydrogen-bond acceptors (Lipinski definition) is 3. The first-order valence-electron chi connectivity index (χ1n) is 4.72. The number of carboxylic acid groups (broad SMARTS) is 1. The van der Waals surface area contributed by atoms with Gasteiger partial charge < -0.3 is 14.3 Å². The summed E-state index contributed by atoms with van der Waals surface area (Å²) >= 11 is 0. The third-order valence-electron chi connectivity index (χ3n) is 1.66. The number of halogens is 3. The largest absolute Gasteiger partial charge is 0.490 e. The number of ether oxygens (including phenoxy) is 1. The summed E-state index contributed by atoms with van der Waals surface area (Å²) in [5.41, 5.74) is 0. The molecule has 0 amide bonds. The summed E-state index contributed by atoms with van der Waals surface area (Å²) in [6.07, 6.45) is -7.07. The summed E-state index contributed by atoms with van der Waals surface area (Å²) in [6.45, 7) is -0.0197. The van der Waals surface area contributed by atoms with Crippen LogP contribution in [-0.2, 0) is 14.3 Å². The van der Waals surface area contributed by atoms with E-state index in [4.69, 9.17) is 5.11 Å². The predicted molar refractivity (Wildman–Crippen MR) is 51.1 cm³/mol. The lowest BCUT2D eigenvalue weighted by atomic mass is 10.2. The van der Waals surface area contributed by atoms with Crippen molar-refractivity contribution in [3.8, 4) is 0 Å². The fraction of sp³-hybridized carbons (Fsp3) is 0.778. The molecule has 0 aromatic heterocycles. The number of esters is 1.